The van der Waals surface area contributed by atoms with Gasteiger partial charge < -0.3 is 9.64 Å². The molecular formula is C16H22N2O4S. The van der Waals surface area contributed by atoms with Crippen LogP contribution in [-0.4, -0.2) is 75.0 Å². The lowest BCUT2D eigenvalue weighted by atomic mass is 10.0. The summed E-state index contributed by atoms with van der Waals surface area (Å²) < 4.78 is 29.4. The van der Waals surface area contributed by atoms with E-state index in [2.05, 4.69) is 0 Å². The fourth-order valence-electron chi connectivity index (χ4n) is 3.61. The predicted octanol–water partition coefficient (Wildman–Crippen LogP) is 0.557. The molecule has 1 aromatic carbocycles. The number of sulfone groups is 1. The monoisotopic (exact) mass is 338 g/mol. The largest absolute Gasteiger partial charge is 0.496 e. The summed E-state index contributed by atoms with van der Waals surface area (Å²) in [7, 11) is 0.362. The predicted molar refractivity (Wildman–Crippen MR) is 87.6 cm³/mol. The zero-order valence-corrected chi connectivity index (χ0v) is 14.5. The third-order valence-electron chi connectivity index (χ3n) is 4.88. The average molecular weight is 338 g/mol. The molecule has 0 unspecified atom stereocenters. The lowest BCUT2D eigenvalue weighted by Gasteiger charge is -2.42. The Bertz CT molecular complexity index is 732. The van der Waals surface area contributed by atoms with E-state index in [1.54, 1.807) is 18.1 Å². The van der Waals surface area contributed by atoms with Crippen molar-refractivity contribution in [2.45, 2.75) is 19.0 Å². The molecule has 0 bridgehead atoms. The maximum Gasteiger partial charge on any atom is 0.258 e. The van der Waals surface area contributed by atoms with Gasteiger partial charge in [-0.3, -0.25) is 9.69 Å². The number of nitrogens with zero attached hydrogens (tertiary/aromatic N) is 2. The number of amides is 1. The molecule has 2 heterocycles. The Kier molecular flexibility index (Phi) is 4.10. The standard InChI is InChI=1S/C16H22N2O4S/c1-11-5-4-6-14(22-3)15(11)16(19)18-8-7-17(2)12-9-23(20,21)10-13(12)18/h4-6,12-13H,7-10H2,1-3H3/t12-,13+/m0/s1. The first kappa shape index (κ1) is 16.3. The quantitative estimate of drug-likeness (QED) is 0.788. The molecule has 2 fully saturated rings. The molecule has 2 atom stereocenters. The number of carbonyl (C=O) groups is 1. The summed E-state index contributed by atoms with van der Waals surface area (Å²) in [6.45, 7) is 3.08. The molecule has 2 aliphatic heterocycles. The lowest BCUT2D eigenvalue weighted by Crippen LogP contribution is -2.59. The van der Waals surface area contributed by atoms with Gasteiger partial charge in [-0.05, 0) is 25.6 Å². The SMILES string of the molecule is COc1cccc(C)c1C(=O)N1CCN(C)[C@H]2CS(=O)(=O)C[C@H]21. The minimum absolute atomic E-state index is 0.0436. The van der Waals surface area contributed by atoms with Gasteiger partial charge in [0.25, 0.3) is 5.91 Å². The van der Waals surface area contributed by atoms with Crippen molar-refractivity contribution in [2.24, 2.45) is 0 Å². The molecule has 23 heavy (non-hydrogen) atoms. The Morgan fingerprint density at radius 3 is 2.61 bits per heavy atom. The van der Waals surface area contributed by atoms with E-state index in [1.807, 2.05) is 31.0 Å². The fraction of sp³-hybridized carbons (Fsp3) is 0.562. The Labute approximate surface area is 136 Å². The van der Waals surface area contributed by atoms with E-state index in [9.17, 15) is 13.2 Å². The maximum absolute atomic E-state index is 13.1. The average Bonchev–Trinajstić information content (AvgIpc) is 2.83. The molecular weight excluding hydrogens is 316 g/mol. The summed E-state index contributed by atoms with van der Waals surface area (Å²) in [5.74, 6) is 0.566. The molecule has 0 radical (unpaired) electrons. The van der Waals surface area contributed by atoms with Crippen LogP contribution in [0.5, 0.6) is 5.75 Å². The highest BCUT2D eigenvalue weighted by Crippen LogP contribution is 2.30. The van der Waals surface area contributed by atoms with Gasteiger partial charge in [-0.25, -0.2) is 8.42 Å². The number of carbonyl (C=O) groups excluding carboxylic acids is 1. The second-order valence-electron chi connectivity index (χ2n) is 6.34. The number of likely N-dealkylation sites (N-methyl/N-ethyl adjacent to an activating group) is 1. The topological polar surface area (TPSA) is 66.9 Å². The van der Waals surface area contributed by atoms with E-state index in [-0.39, 0.29) is 29.5 Å². The highest BCUT2D eigenvalue weighted by molar-refractivity contribution is 7.91. The third kappa shape index (κ3) is 2.83. The second-order valence-corrected chi connectivity index (χ2v) is 8.50. The van der Waals surface area contributed by atoms with Gasteiger partial charge in [0.1, 0.15) is 5.75 Å². The van der Waals surface area contributed by atoms with Crippen molar-refractivity contribution in [3.63, 3.8) is 0 Å². The molecule has 6 nitrogen and oxygen atoms in total. The van der Waals surface area contributed by atoms with Crippen LogP contribution in [0.3, 0.4) is 0 Å². The van der Waals surface area contributed by atoms with Crippen molar-refractivity contribution in [1.29, 1.82) is 0 Å². The summed E-state index contributed by atoms with van der Waals surface area (Å²) in [6.07, 6.45) is 0. The van der Waals surface area contributed by atoms with Crippen LogP contribution in [0.25, 0.3) is 0 Å². The van der Waals surface area contributed by atoms with Crippen LogP contribution in [-0.2, 0) is 9.84 Å². The molecule has 0 aromatic heterocycles. The van der Waals surface area contributed by atoms with Gasteiger partial charge in [-0.15, -0.1) is 0 Å². The van der Waals surface area contributed by atoms with Crippen molar-refractivity contribution < 1.29 is 17.9 Å². The van der Waals surface area contributed by atoms with Crippen LogP contribution in [0.1, 0.15) is 15.9 Å². The van der Waals surface area contributed by atoms with Gasteiger partial charge in [0, 0.05) is 19.1 Å². The van der Waals surface area contributed by atoms with Gasteiger partial charge in [-0.2, -0.15) is 0 Å². The number of hydrogen-bond donors (Lipinski definition) is 0. The highest BCUT2D eigenvalue weighted by atomic mass is 32.2. The van der Waals surface area contributed by atoms with Crippen LogP contribution in [0, 0.1) is 6.92 Å². The minimum atomic E-state index is -3.10. The molecule has 126 valence electrons. The Hall–Kier alpha value is -1.60. The first-order valence-corrected chi connectivity index (χ1v) is 9.51. The lowest BCUT2D eigenvalue weighted by molar-refractivity contribution is 0.0406. The normalized spacial score (nSPS) is 26.8. The van der Waals surface area contributed by atoms with E-state index >= 15 is 0 Å². The summed E-state index contributed by atoms with van der Waals surface area (Å²) in [5.41, 5.74) is 1.37. The second kappa shape index (κ2) is 5.79. The maximum atomic E-state index is 13.1. The van der Waals surface area contributed by atoms with Crippen LogP contribution in [0.4, 0.5) is 0 Å². The minimum Gasteiger partial charge on any atom is -0.496 e. The molecule has 0 aliphatic carbocycles. The van der Waals surface area contributed by atoms with Crippen LogP contribution in [0.2, 0.25) is 0 Å². The van der Waals surface area contributed by atoms with Crippen molar-refractivity contribution in [3.05, 3.63) is 29.3 Å². The number of fused-ring (bicyclic) bond motifs is 1. The molecule has 0 spiro atoms. The number of piperazine rings is 1. The summed E-state index contributed by atoms with van der Waals surface area (Å²) in [6, 6.07) is 5.08. The molecule has 1 aromatic rings. The van der Waals surface area contributed by atoms with Crippen molar-refractivity contribution in [2.75, 3.05) is 38.8 Å². The third-order valence-corrected chi connectivity index (χ3v) is 6.58. The molecule has 2 saturated heterocycles. The highest BCUT2D eigenvalue weighted by Gasteiger charge is 2.47. The summed E-state index contributed by atoms with van der Waals surface area (Å²) in [5, 5.41) is 0. The Morgan fingerprint density at radius 1 is 1.22 bits per heavy atom. The van der Waals surface area contributed by atoms with Crippen molar-refractivity contribution >= 4 is 15.7 Å². The fourth-order valence-corrected chi connectivity index (χ4v) is 5.66. The smallest absolute Gasteiger partial charge is 0.258 e. The molecule has 0 N–H and O–H groups in total. The van der Waals surface area contributed by atoms with Crippen LogP contribution in [0.15, 0.2) is 18.2 Å². The zero-order chi connectivity index (χ0) is 16.8. The zero-order valence-electron chi connectivity index (χ0n) is 13.7. The van der Waals surface area contributed by atoms with Gasteiger partial charge in [0.2, 0.25) is 0 Å². The van der Waals surface area contributed by atoms with Crippen LogP contribution < -0.4 is 4.74 Å². The summed E-state index contributed by atoms with van der Waals surface area (Å²) >= 11 is 0. The van der Waals surface area contributed by atoms with Crippen LogP contribution >= 0.6 is 0 Å². The van der Waals surface area contributed by atoms with E-state index in [1.165, 1.54) is 0 Å². The van der Waals surface area contributed by atoms with E-state index < -0.39 is 9.84 Å². The van der Waals surface area contributed by atoms with E-state index in [4.69, 9.17) is 4.74 Å². The molecule has 1 amide bonds. The molecule has 2 aliphatic rings. The van der Waals surface area contributed by atoms with Gasteiger partial charge in [0.05, 0.1) is 30.2 Å². The van der Waals surface area contributed by atoms with Crippen molar-refractivity contribution in [1.82, 2.24) is 9.80 Å². The number of hydrogen-bond acceptors (Lipinski definition) is 5. The molecule has 0 saturated carbocycles. The molecule has 3 rings (SSSR count). The van der Waals surface area contributed by atoms with E-state index in [0.717, 1.165) is 5.56 Å². The Balaban J connectivity index is 1.97. The van der Waals surface area contributed by atoms with E-state index in [0.29, 0.717) is 24.4 Å². The molecule has 7 heteroatoms. The number of rotatable bonds is 2. The van der Waals surface area contributed by atoms with Gasteiger partial charge >= 0.3 is 0 Å². The first-order valence-electron chi connectivity index (χ1n) is 7.69. The Morgan fingerprint density at radius 2 is 1.91 bits per heavy atom. The summed E-state index contributed by atoms with van der Waals surface area (Å²) in [4.78, 5) is 16.9. The van der Waals surface area contributed by atoms with Gasteiger partial charge in [0.15, 0.2) is 9.84 Å². The number of benzene rings is 1. The van der Waals surface area contributed by atoms with Gasteiger partial charge in [-0.1, -0.05) is 12.1 Å². The number of ether oxygens (including phenoxy) is 1. The van der Waals surface area contributed by atoms with Crippen molar-refractivity contribution in [3.8, 4) is 5.75 Å². The number of aryl methyl sites for hydroxylation is 1. The first-order chi connectivity index (χ1) is 10.8. The number of methoxy groups -OCH3 is 1.